The van der Waals surface area contributed by atoms with Crippen LogP contribution in [0.25, 0.3) is 10.9 Å². The number of carbonyl (C=O) groups is 1. The molecule has 0 atom stereocenters. The number of nitrogens with zero attached hydrogens (tertiary/aromatic N) is 4. The smallest absolute Gasteiger partial charge is 0.277 e. The van der Waals surface area contributed by atoms with Gasteiger partial charge in [-0.1, -0.05) is 6.07 Å². The summed E-state index contributed by atoms with van der Waals surface area (Å²) in [6.45, 7) is 0. The molecule has 0 N–H and O–H groups in total. The normalized spacial score (nSPS) is 10.4. The van der Waals surface area contributed by atoms with Gasteiger partial charge in [0.25, 0.3) is 5.91 Å². The number of aromatic nitrogens is 3. The summed E-state index contributed by atoms with van der Waals surface area (Å²) in [5, 5.41) is 0.907. The molecule has 0 unspecified atom stereocenters. The van der Waals surface area contributed by atoms with Crippen molar-refractivity contribution in [2.75, 3.05) is 11.9 Å². The molecule has 98 valence electrons. The van der Waals surface area contributed by atoms with Gasteiger partial charge in [0, 0.05) is 31.0 Å². The molecule has 1 amide bonds. The Morgan fingerprint density at radius 3 is 2.80 bits per heavy atom. The SMILES string of the molecule is CN(C(=O)c1ccc2cnccc2n1)c1ccccn1. The van der Waals surface area contributed by atoms with Gasteiger partial charge in [-0.3, -0.25) is 14.7 Å². The zero-order chi connectivity index (χ0) is 13.9. The fourth-order valence-corrected chi connectivity index (χ4v) is 1.91. The van der Waals surface area contributed by atoms with Gasteiger partial charge in [0.15, 0.2) is 0 Å². The topological polar surface area (TPSA) is 59.0 Å². The molecule has 3 aromatic heterocycles. The second-order valence-corrected chi connectivity index (χ2v) is 4.32. The van der Waals surface area contributed by atoms with Gasteiger partial charge in [0.2, 0.25) is 0 Å². The van der Waals surface area contributed by atoms with Crippen molar-refractivity contribution in [3.05, 3.63) is 60.7 Å². The average Bonchev–Trinajstić information content (AvgIpc) is 2.54. The number of carbonyl (C=O) groups excluding carboxylic acids is 1. The van der Waals surface area contributed by atoms with Gasteiger partial charge in [0.1, 0.15) is 11.5 Å². The van der Waals surface area contributed by atoms with Crippen molar-refractivity contribution in [2.24, 2.45) is 0 Å². The van der Waals surface area contributed by atoms with Crippen LogP contribution in [0.3, 0.4) is 0 Å². The Hall–Kier alpha value is -2.82. The van der Waals surface area contributed by atoms with E-state index in [1.807, 2.05) is 18.2 Å². The highest BCUT2D eigenvalue weighted by molar-refractivity contribution is 6.04. The molecule has 0 fully saturated rings. The number of hydrogen-bond donors (Lipinski definition) is 0. The van der Waals surface area contributed by atoms with Crippen molar-refractivity contribution in [3.63, 3.8) is 0 Å². The summed E-state index contributed by atoms with van der Waals surface area (Å²) in [5.74, 6) is 0.400. The van der Waals surface area contributed by atoms with Crippen LogP contribution in [0.5, 0.6) is 0 Å². The van der Waals surface area contributed by atoms with Crippen LogP contribution in [-0.2, 0) is 0 Å². The minimum absolute atomic E-state index is 0.192. The molecule has 0 bridgehead atoms. The zero-order valence-corrected chi connectivity index (χ0v) is 10.9. The van der Waals surface area contributed by atoms with Crippen molar-refractivity contribution in [3.8, 4) is 0 Å². The standard InChI is InChI=1S/C15H12N4O/c1-19(14-4-2-3-8-17-14)15(20)13-6-5-11-10-16-9-7-12(11)18-13/h2-10H,1H3. The van der Waals surface area contributed by atoms with Crippen LogP contribution >= 0.6 is 0 Å². The zero-order valence-electron chi connectivity index (χ0n) is 10.9. The Bertz CT molecular complexity index is 758. The van der Waals surface area contributed by atoms with Crippen molar-refractivity contribution in [2.45, 2.75) is 0 Å². The summed E-state index contributed by atoms with van der Waals surface area (Å²) in [7, 11) is 1.68. The molecule has 0 aliphatic rings. The molecule has 0 aromatic carbocycles. The third-order valence-electron chi connectivity index (χ3n) is 3.01. The lowest BCUT2D eigenvalue weighted by Crippen LogP contribution is -2.27. The lowest BCUT2D eigenvalue weighted by atomic mass is 10.2. The largest absolute Gasteiger partial charge is 0.294 e. The van der Waals surface area contributed by atoms with Crippen molar-refractivity contribution >= 4 is 22.6 Å². The second-order valence-electron chi connectivity index (χ2n) is 4.32. The Morgan fingerprint density at radius 1 is 1.10 bits per heavy atom. The van der Waals surface area contributed by atoms with E-state index in [1.165, 1.54) is 4.90 Å². The Labute approximate surface area is 115 Å². The van der Waals surface area contributed by atoms with E-state index >= 15 is 0 Å². The van der Waals surface area contributed by atoms with Crippen LogP contribution in [0.1, 0.15) is 10.5 Å². The molecule has 3 aromatic rings. The molecular weight excluding hydrogens is 252 g/mol. The van der Waals surface area contributed by atoms with Crippen LogP contribution in [0.4, 0.5) is 5.82 Å². The molecule has 5 heteroatoms. The molecule has 0 spiro atoms. The quantitative estimate of drug-likeness (QED) is 0.712. The maximum Gasteiger partial charge on any atom is 0.277 e. The predicted molar refractivity (Wildman–Crippen MR) is 76.5 cm³/mol. The highest BCUT2D eigenvalue weighted by Crippen LogP contribution is 2.14. The summed E-state index contributed by atoms with van der Waals surface area (Å²) in [6.07, 6.45) is 5.03. The first-order valence-electron chi connectivity index (χ1n) is 6.15. The number of anilines is 1. The van der Waals surface area contributed by atoms with E-state index in [4.69, 9.17) is 0 Å². The van der Waals surface area contributed by atoms with Gasteiger partial charge in [-0.15, -0.1) is 0 Å². The van der Waals surface area contributed by atoms with Crippen LogP contribution < -0.4 is 4.90 Å². The molecular formula is C15H12N4O. The molecule has 0 saturated heterocycles. The van der Waals surface area contributed by atoms with Gasteiger partial charge in [0.05, 0.1) is 5.52 Å². The van der Waals surface area contributed by atoms with Crippen LogP contribution in [0.15, 0.2) is 55.0 Å². The lowest BCUT2D eigenvalue weighted by Gasteiger charge is -2.15. The van der Waals surface area contributed by atoms with Gasteiger partial charge in [-0.25, -0.2) is 9.97 Å². The number of hydrogen-bond acceptors (Lipinski definition) is 4. The fraction of sp³-hybridized carbons (Fsp3) is 0.0667. The van der Waals surface area contributed by atoms with Gasteiger partial charge >= 0.3 is 0 Å². The maximum atomic E-state index is 12.4. The van der Waals surface area contributed by atoms with Crippen molar-refractivity contribution in [1.29, 1.82) is 0 Å². The summed E-state index contributed by atoms with van der Waals surface area (Å²) in [4.78, 5) is 26.4. The van der Waals surface area contributed by atoms with E-state index in [0.29, 0.717) is 11.5 Å². The number of amides is 1. The first-order valence-corrected chi connectivity index (χ1v) is 6.15. The molecule has 5 nitrogen and oxygen atoms in total. The number of pyridine rings is 3. The highest BCUT2D eigenvalue weighted by atomic mass is 16.2. The fourth-order valence-electron chi connectivity index (χ4n) is 1.91. The van der Waals surface area contributed by atoms with Gasteiger partial charge in [-0.2, -0.15) is 0 Å². The first kappa shape index (κ1) is 12.2. The Balaban J connectivity index is 1.96. The van der Waals surface area contributed by atoms with Crippen LogP contribution in [0, 0.1) is 0 Å². The molecule has 0 aliphatic carbocycles. The van der Waals surface area contributed by atoms with E-state index in [1.54, 1.807) is 43.8 Å². The summed E-state index contributed by atoms with van der Waals surface area (Å²) < 4.78 is 0. The van der Waals surface area contributed by atoms with E-state index < -0.39 is 0 Å². The summed E-state index contributed by atoms with van der Waals surface area (Å²) >= 11 is 0. The average molecular weight is 264 g/mol. The van der Waals surface area contributed by atoms with E-state index in [0.717, 1.165) is 10.9 Å². The van der Waals surface area contributed by atoms with Gasteiger partial charge < -0.3 is 0 Å². The van der Waals surface area contributed by atoms with Crippen molar-refractivity contribution < 1.29 is 4.79 Å². The Kier molecular flexibility index (Phi) is 3.09. The third-order valence-corrected chi connectivity index (χ3v) is 3.01. The molecule has 0 radical (unpaired) electrons. The first-order chi connectivity index (χ1) is 9.75. The monoisotopic (exact) mass is 264 g/mol. The van der Waals surface area contributed by atoms with E-state index in [2.05, 4.69) is 15.0 Å². The Morgan fingerprint density at radius 2 is 2.00 bits per heavy atom. The molecule has 3 rings (SSSR count). The third kappa shape index (κ3) is 2.21. The van der Waals surface area contributed by atoms with Gasteiger partial charge in [-0.05, 0) is 30.3 Å². The summed E-state index contributed by atoms with van der Waals surface area (Å²) in [6, 6.07) is 10.8. The molecule has 20 heavy (non-hydrogen) atoms. The summed E-state index contributed by atoms with van der Waals surface area (Å²) in [5.41, 5.74) is 1.14. The van der Waals surface area contributed by atoms with Crippen molar-refractivity contribution in [1.82, 2.24) is 15.0 Å². The number of rotatable bonds is 2. The minimum atomic E-state index is -0.192. The molecule has 0 aliphatic heterocycles. The lowest BCUT2D eigenvalue weighted by molar-refractivity contribution is 0.0988. The highest BCUT2D eigenvalue weighted by Gasteiger charge is 2.15. The molecule has 0 saturated carbocycles. The second kappa shape index (κ2) is 5.05. The number of fused-ring (bicyclic) bond motifs is 1. The predicted octanol–water partition coefficient (Wildman–Crippen LogP) is 2.30. The van der Waals surface area contributed by atoms with E-state index in [9.17, 15) is 4.79 Å². The van der Waals surface area contributed by atoms with Crippen LogP contribution in [0.2, 0.25) is 0 Å². The molecule has 3 heterocycles. The van der Waals surface area contributed by atoms with E-state index in [-0.39, 0.29) is 5.91 Å². The minimum Gasteiger partial charge on any atom is -0.294 e. The maximum absolute atomic E-state index is 12.4. The van der Waals surface area contributed by atoms with Crippen LogP contribution in [-0.4, -0.2) is 27.9 Å².